The molecule has 2 rings (SSSR count). The van der Waals surface area contributed by atoms with E-state index in [0.29, 0.717) is 13.2 Å². The van der Waals surface area contributed by atoms with Gasteiger partial charge in [0.25, 0.3) is 0 Å². The van der Waals surface area contributed by atoms with Gasteiger partial charge in [0, 0.05) is 13.2 Å². The van der Waals surface area contributed by atoms with Gasteiger partial charge in [-0.1, -0.05) is 0 Å². The molecule has 4 nitrogen and oxygen atoms in total. The highest BCUT2D eigenvalue weighted by Gasteiger charge is 2.25. The quantitative estimate of drug-likeness (QED) is 0.696. The third-order valence-corrected chi connectivity index (χ3v) is 2.81. The van der Waals surface area contributed by atoms with Crippen LogP contribution < -0.4 is 5.32 Å². The minimum atomic E-state index is 0.0596. The Kier molecular flexibility index (Phi) is 3.37. The van der Waals surface area contributed by atoms with E-state index < -0.39 is 0 Å². The summed E-state index contributed by atoms with van der Waals surface area (Å²) in [5.41, 5.74) is 0. The first kappa shape index (κ1) is 9.93. The summed E-state index contributed by atoms with van der Waals surface area (Å²) in [6.45, 7) is 2.82. The molecule has 0 aliphatic carbocycles. The Hall–Kier alpha value is -0.610. The molecule has 1 N–H and O–H groups in total. The fourth-order valence-electron chi connectivity index (χ4n) is 1.91. The Morgan fingerprint density at radius 1 is 1.14 bits per heavy atom. The summed E-state index contributed by atoms with van der Waals surface area (Å²) >= 11 is 0. The van der Waals surface area contributed by atoms with Crippen LogP contribution in [0.15, 0.2) is 0 Å². The summed E-state index contributed by atoms with van der Waals surface area (Å²) in [5.74, 6) is 0.199. The summed E-state index contributed by atoms with van der Waals surface area (Å²) in [5, 5.41) is 3.00. The van der Waals surface area contributed by atoms with Gasteiger partial charge >= 0.3 is 0 Å². The van der Waals surface area contributed by atoms with Crippen LogP contribution in [0.2, 0.25) is 0 Å². The highest BCUT2D eigenvalue weighted by atomic mass is 16.5. The fourth-order valence-corrected chi connectivity index (χ4v) is 1.91. The van der Waals surface area contributed by atoms with Gasteiger partial charge in [0.15, 0.2) is 0 Å². The molecule has 0 saturated carbocycles. The van der Waals surface area contributed by atoms with Crippen molar-refractivity contribution in [2.45, 2.75) is 25.3 Å². The normalized spacial score (nSPS) is 32.9. The maximum Gasteiger partial charge on any atom is 0.225 e. The Morgan fingerprint density at radius 3 is 2.64 bits per heavy atom. The predicted octanol–water partition coefficient (Wildman–Crippen LogP) is 0.318. The lowest BCUT2D eigenvalue weighted by molar-refractivity contribution is -0.129. The van der Waals surface area contributed by atoms with Gasteiger partial charge in [-0.25, -0.2) is 0 Å². The molecule has 1 amide bonds. The van der Waals surface area contributed by atoms with E-state index >= 15 is 0 Å². The van der Waals surface area contributed by atoms with E-state index in [1.165, 1.54) is 0 Å². The van der Waals surface area contributed by atoms with Crippen molar-refractivity contribution in [3.05, 3.63) is 0 Å². The van der Waals surface area contributed by atoms with E-state index in [2.05, 4.69) is 5.32 Å². The minimum Gasteiger partial charge on any atom is -0.381 e. The van der Waals surface area contributed by atoms with Gasteiger partial charge in [0.05, 0.1) is 25.2 Å². The molecule has 4 heteroatoms. The number of rotatable bonds is 2. The zero-order valence-corrected chi connectivity index (χ0v) is 8.33. The van der Waals surface area contributed by atoms with Crippen molar-refractivity contribution >= 4 is 5.91 Å². The van der Waals surface area contributed by atoms with Crippen molar-refractivity contribution in [1.82, 2.24) is 5.32 Å². The maximum atomic E-state index is 11.7. The second-order valence-corrected chi connectivity index (χ2v) is 3.98. The van der Waals surface area contributed by atoms with E-state index in [0.717, 1.165) is 32.5 Å². The number of hydrogen-bond donors (Lipinski definition) is 1. The standard InChI is InChI=1S/C10H17NO3/c12-10(8-2-1-4-13-6-8)11-9-3-5-14-7-9/h8-9H,1-7H2,(H,11,12)/t8-,9-/m0/s1. The largest absolute Gasteiger partial charge is 0.381 e. The van der Waals surface area contributed by atoms with Crippen LogP contribution in [0.4, 0.5) is 0 Å². The van der Waals surface area contributed by atoms with Gasteiger partial charge < -0.3 is 14.8 Å². The molecule has 0 aromatic carbocycles. The molecule has 0 bridgehead atoms. The van der Waals surface area contributed by atoms with Crippen LogP contribution in [-0.4, -0.2) is 38.4 Å². The monoisotopic (exact) mass is 199 g/mol. The molecule has 2 fully saturated rings. The molecular weight excluding hydrogens is 182 g/mol. The summed E-state index contributed by atoms with van der Waals surface area (Å²) in [6.07, 6.45) is 2.90. The lowest BCUT2D eigenvalue weighted by atomic mass is 10.0. The van der Waals surface area contributed by atoms with E-state index in [1.54, 1.807) is 0 Å². The van der Waals surface area contributed by atoms with Crippen LogP contribution in [0.3, 0.4) is 0 Å². The Morgan fingerprint density at radius 2 is 2.00 bits per heavy atom. The molecule has 0 spiro atoms. The Labute approximate surface area is 84.0 Å². The first-order chi connectivity index (χ1) is 6.86. The van der Waals surface area contributed by atoms with Gasteiger partial charge in [-0.3, -0.25) is 4.79 Å². The van der Waals surface area contributed by atoms with E-state index in [9.17, 15) is 4.79 Å². The number of carbonyl (C=O) groups is 1. The molecule has 2 heterocycles. The highest BCUT2D eigenvalue weighted by Crippen LogP contribution is 2.14. The van der Waals surface area contributed by atoms with E-state index in [4.69, 9.17) is 9.47 Å². The minimum absolute atomic E-state index is 0.0596. The zero-order chi connectivity index (χ0) is 9.80. The van der Waals surface area contributed by atoms with Crippen molar-refractivity contribution in [3.8, 4) is 0 Å². The molecule has 2 saturated heterocycles. The molecular formula is C10H17NO3. The van der Waals surface area contributed by atoms with Gasteiger partial charge in [0.1, 0.15) is 0 Å². The van der Waals surface area contributed by atoms with Crippen LogP contribution in [0.1, 0.15) is 19.3 Å². The lowest BCUT2D eigenvalue weighted by Crippen LogP contribution is -2.41. The third kappa shape index (κ3) is 2.45. The van der Waals surface area contributed by atoms with Crippen LogP contribution in [0, 0.1) is 5.92 Å². The molecule has 0 unspecified atom stereocenters. The average Bonchev–Trinajstić information content (AvgIpc) is 2.72. The average molecular weight is 199 g/mol. The van der Waals surface area contributed by atoms with Gasteiger partial charge in [-0.2, -0.15) is 0 Å². The van der Waals surface area contributed by atoms with E-state index in [1.807, 2.05) is 0 Å². The molecule has 2 aliphatic heterocycles. The van der Waals surface area contributed by atoms with Gasteiger partial charge in [-0.05, 0) is 19.3 Å². The maximum absolute atomic E-state index is 11.7. The summed E-state index contributed by atoms with van der Waals surface area (Å²) in [6, 6.07) is 0.226. The molecule has 80 valence electrons. The summed E-state index contributed by atoms with van der Waals surface area (Å²) < 4.78 is 10.5. The first-order valence-electron chi connectivity index (χ1n) is 5.32. The van der Waals surface area contributed by atoms with Crippen molar-refractivity contribution in [2.75, 3.05) is 26.4 Å². The Balaban J connectivity index is 1.75. The number of nitrogens with one attached hydrogen (secondary N) is 1. The number of carbonyl (C=O) groups excluding carboxylic acids is 1. The van der Waals surface area contributed by atoms with Crippen molar-refractivity contribution in [1.29, 1.82) is 0 Å². The van der Waals surface area contributed by atoms with Crippen molar-refractivity contribution in [3.63, 3.8) is 0 Å². The third-order valence-electron chi connectivity index (χ3n) is 2.81. The number of hydrogen-bond acceptors (Lipinski definition) is 3. The lowest BCUT2D eigenvalue weighted by Gasteiger charge is -2.22. The van der Waals surface area contributed by atoms with Crippen molar-refractivity contribution < 1.29 is 14.3 Å². The SMILES string of the molecule is O=C(N[C@H]1CCOC1)[C@H]1CCCOC1. The van der Waals surface area contributed by atoms with E-state index in [-0.39, 0.29) is 17.9 Å². The topological polar surface area (TPSA) is 47.6 Å². The smallest absolute Gasteiger partial charge is 0.225 e. The first-order valence-corrected chi connectivity index (χ1v) is 5.32. The van der Waals surface area contributed by atoms with Gasteiger partial charge in [0.2, 0.25) is 5.91 Å². The molecule has 2 atom stereocenters. The van der Waals surface area contributed by atoms with Crippen molar-refractivity contribution in [2.24, 2.45) is 5.92 Å². The number of ether oxygens (including phenoxy) is 2. The van der Waals surface area contributed by atoms with Crippen LogP contribution >= 0.6 is 0 Å². The zero-order valence-electron chi connectivity index (χ0n) is 8.33. The fraction of sp³-hybridized carbons (Fsp3) is 0.900. The van der Waals surface area contributed by atoms with Crippen LogP contribution in [0.5, 0.6) is 0 Å². The molecule has 0 radical (unpaired) electrons. The second kappa shape index (κ2) is 4.75. The molecule has 0 aromatic rings. The molecule has 14 heavy (non-hydrogen) atoms. The highest BCUT2D eigenvalue weighted by molar-refractivity contribution is 5.79. The number of amides is 1. The van der Waals surface area contributed by atoms with Crippen LogP contribution in [0.25, 0.3) is 0 Å². The van der Waals surface area contributed by atoms with Crippen LogP contribution in [-0.2, 0) is 14.3 Å². The molecule has 0 aromatic heterocycles. The Bertz CT molecular complexity index is 196. The second-order valence-electron chi connectivity index (χ2n) is 3.98. The van der Waals surface area contributed by atoms with Gasteiger partial charge in [-0.15, -0.1) is 0 Å². The summed E-state index contributed by atoms with van der Waals surface area (Å²) in [4.78, 5) is 11.7. The predicted molar refractivity (Wildman–Crippen MR) is 50.9 cm³/mol. The molecule has 2 aliphatic rings. The summed E-state index contributed by atoms with van der Waals surface area (Å²) in [7, 11) is 0.